The van der Waals surface area contributed by atoms with E-state index in [1.165, 1.54) is 0 Å². The van der Waals surface area contributed by atoms with Gasteiger partial charge in [-0.2, -0.15) is 0 Å². The molecule has 0 aliphatic heterocycles. The zero-order valence-corrected chi connectivity index (χ0v) is 10.1. The lowest BCUT2D eigenvalue weighted by Crippen LogP contribution is -2.42. The van der Waals surface area contributed by atoms with Crippen LogP contribution in [0.1, 0.15) is 39.5 Å². The summed E-state index contributed by atoms with van der Waals surface area (Å²) in [6.45, 7) is 5.50. The van der Waals surface area contributed by atoms with Crippen LogP contribution in [-0.4, -0.2) is 41.0 Å². The van der Waals surface area contributed by atoms with E-state index in [0.717, 1.165) is 25.9 Å². The predicted octanol–water partition coefficient (Wildman–Crippen LogP) is 0.827. The van der Waals surface area contributed by atoms with Crippen molar-refractivity contribution in [2.75, 3.05) is 13.1 Å². The second kappa shape index (κ2) is 8.10. The number of nitrogens with zero attached hydrogens (tertiary/aromatic N) is 1. The van der Waals surface area contributed by atoms with Crippen molar-refractivity contribution in [3.63, 3.8) is 0 Å². The minimum atomic E-state index is -0.872. The number of hydrogen-bond donors (Lipinski definition) is 2. The van der Waals surface area contributed by atoms with Gasteiger partial charge in [-0.1, -0.05) is 13.8 Å². The van der Waals surface area contributed by atoms with Gasteiger partial charge in [0.1, 0.15) is 6.04 Å². The van der Waals surface area contributed by atoms with Crippen LogP contribution in [0.15, 0.2) is 0 Å². The Morgan fingerprint density at radius 2 is 1.75 bits per heavy atom. The number of carbonyl (C=O) groups excluding carboxylic acids is 1. The van der Waals surface area contributed by atoms with Gasteiger partial charge in [-0.05, 0) is 32.4 Å². The van der Waals surface area contributed by atoms with Crippen LogP contribution in [0, 0.1) is 0 Å². The molecule has 94 valence electrons. The topological polar surface area (TPSA) is 83.6 Å². The molecule has 0 unspecified atom stereocenters. The van der Waals surface area contributed by atoms with Crippen molar-refractivity contribution in [3.05, 3.63) is 0 Å². The highest BCUT2D eigenvalue weighted by Crippen LogP contribution is 2.09. The molecule has 3 N–H and O–H groups in total. The molecule has 1 amide bonds. The van der Waals surface area contributed by atoms with Crippen LogP contribution in [0.2, 0.25) is 0 Å². The third kappa shape index (κ3) is 5.70. The van der Waals surface area contributed by atoms with Gasteiger partial charge in [-0.15, -0.1) is 0 Å². The summed E-state index contributed by atoms with van der Waals surface area (Å²) in [5.41, 5.74) is 5.04. The summed E-state index contributed by atoms with van der Waals surface area (Å²) in [7, 11) is 0. The maximum absolute atomic E-state index is 11.1. The fourth-order valence-corrected chi connectivity index (χ4v) is 1.74. The molecule has 1 atom stereocenters. The highest BCUT2D eigenvalue weighted by molar-refractivity contribution is 5.77. The Morgan fingerprint density at radius 3 is 2.06 bits per heavy atom. The molecular weight excluding hydrogens is 208 g/mol. The molecule has 0 radical (unpaired) electrons. The number of rotatable bonds is 9. The second-order valence-corrected chi connectivity index (χ2v) is 3.89. The minimum Gasteiger partial charge on any atom is -0.480 e. The molecular formula is C11H22N2O3. The largest absolute Gasteiger partial charge is 0.480 e. The smallest absolute Gasteiger partial charge is 0.320 e. The quantitative estimate of drug-likeness (QED) is 0.614. The zero-order valence-electron chi connectivity index (χ0n) is 10.1. The van der Waals surface area contributed by atoms with Gasteiger partial charge in [0.2, 0.25) is 5.91 Å². The summed E-state index contributed by atoms with van der Waals surface area (Å²) in [5.74, 6) is -1.32. The van der Waals surface area contributed by atoms with Crippen LogP contribution in [0.25, 0.3) is 0 Å². The average molecular weight is 230 g/mol. The summed E-state index contributed by atoms with van der Waals surface area (Å²) < 4.78 is 0. The number of carboxylic acid groups (broad SMARTS) is 1. The van der Waals surface area contributed by atoms with Crippen molar-refractivity contribution in [3.8, 4) is 0 Å². The number of nitrogens with two attached hydrogens (primary N) is 1. The molecule has 16 heavy (non-hydrogen) atoms. The Balaban J connectivity index is 4.43. The Morgan fingerprint density at radius 1 is 1.25 bits per heavy atom. The van der Waals surface area contributed by atoms with Gasteiger partial charge in [-0.3, -0.25) is 14.5 Å². The standard InChI is InChI=1S/C11H22N2O3/c1-3-7-13(8-4-2)9(11(15)16)5-6-10(12)14/h9H,3-8H2,1-2H3,(H2,12,14)(H,15,16)/t9-/m1/s1. The van der Waals surface area contributed by atoms with Crippen LogP contribution in [0.4, 0.5) is 0 Å². The summed E-state index contributed by atoms with van der Waals surface area (Å²) in [6.07, 6.45) is 2.23. The van der Waals surface area contributed by atoms with E-state index in [-0.39, 0.29) is 6.42 Å². The first kappa shape index (κ1) is 14.9. The van der Waals surface area contributed by atoms with Crippen LogP contribution >= 0.6 is 0 Å². The Bertz CT molecular complexity index is 225. The Hall–Kier alpha value is -1.10. The molecule has 0 bridgehead atoms. The molecule has 0 saturated heterocycles. The fourth-order valence-electron chi connectivity index (χ4n) is 1.74. The first-order chi connectivity index (χ1) is 7.52. The van der Waals surface area contributed by atoms with Gasteiger partial charge < -0.3 is 10.8 Å². The number of primary amides is 1. The lowest BCUT2D eigenvalue weighted by Gasteiger charge is -2.27. The minimum absolute atomic E-state index is 0.126. The summed E-state index contributed by atoms with van der Waals surface area (Å²) in [4.78, 5) is 23.7. The molecule has 0 aliphatic rings. The third-order valence-electron chi connectivity index (χ3n) is 2.41. The fraction of sp³-hybridized carbons (Fsp3) is 0.818. The molecule has 5 nitrogen and oxygen atoms in total. The van der Waals surface area contributed by atoms with Crippen molar-refractivity contribution in [2.45, 2.75) is 45.6 Å². The summed E-state index contributed by atoms with van der Waals surface area (Å²) in [6, 6.07) is -0.590. The van der Waals surface area contributed by atoms with Crippen LogP contribution in [-0.2, 0) is 9.59 Å². The maximum Gasteiger partial charge on any atom is 0.320 e. The van der Waals surface area contributed by atoms with Crippen molar-refractivity contribution in [1.29, 1.82) is 0 Å². The maximum atomic E-state index is 11.1. The van der Waals surface area contributed by atoms with Crippen LogP contribution in [0.5, 0.6) is 0 Å². The first-order valence-electron chi connectivity index (χ1n) is 5.78. The van der Waals surface area contributed by atoms with Gasteiger partial charge >= 0.3 is 5.97 Å². The van der Waals surface area contributed by atoms with Crippen molar-refractivity contribution in [1.82, 2.24) is 4.90 Å². The Kier molecular flexibility index (Phi) is 7.54. The van der Waals surface area contributed by atoms with Crippen LogP contribution < -0.4 is 5.73 Å². The summed E-state index contributed by atoms with van der Waals surface area (Å²) >= 11 is 0. The normalized spacial score (nSPS) is 12.7. The number of hydrogen-bond acceptors (Lipinski definition) is 3. The molecule has 0 aromatic carbocycles. The van der Waals surface area contributed by atoms with Crippen molar-refractivity contribution in [2.24, 2.45) is 5.73 Å². The predicted molar refractivity (Wildman–Crippen MR) is 62.0 cm³/mol. The van der Waals surface area contributed by atoms with E-state index in [9.17, 15) is 9.59 Å². The SMILES string of the molecule is CCCN(CCC)[C@H](CCC(N)=O)C(=O)O. The lowest BCUT2D eigenvalue weighted by atomic mass is 10.1. The van der Waals surface area contributed by atoms with E-state index in [0.29, 0.717) is 6.42 Å². The number of carboxylic acids is 1. The van der Waals surface area contributed by atoms with E-state index in [2.05, 4.69) is 0 Å². The lowest BCUT2D eigenvalue weighted by molar-refractivity contribution is -0.143. The summed E-state index contributed by atoms with van der Waals surface area (Å²) in [5, 5.41) is 9.12. The number of carbonyl (C=O) groups is 2. The molecule has 0 fully saturated rings. The molecule has 0 aromatic heterocycles. The Labute approximate surface area is 96.6 Å². The first-order valence-corrected chi connectivity index (χ1v) is 5.78. The van der Waals surface area contributed by atoms with Gasteiger partial charge in [0.05, 0.1) is 0 Å². The molecule has 0 spiro atoms. The zero-order chi connectivity index (χ0) is 12.6. The van der Waals surface area contributed by atoms with E-state index >= 15 is 0 Å². The number of aliphatic carboxylic acids is 1. The highest BCUT2D eigenvalue weighted by atomic mass is 16.4. The van der Waals surface area contributed by atoms with Gasteiger partial charge in [-0.25, -0.2) is 0 Å². The molecule has 0 rings (SSSR count). The average Bonchev–Trinajstić information content (AvgIpc) is 2.17. The van der Waals surface area contributed by atoms with Crippen molar-refractivity contribution < 1.29 is 14.7 Å². The monoisotopic (exact) mass is 230 g/mol. The van der Waals surface area contributed by atoms with Gasteiger partial charge in [0, 0.05) is 6.42 Å². The van der Waals surface area contributed by atoms with E-state index < -0.39 is 17.9 Å². The van der Waals surface area contributed by atoms with E-state index in [4.69, 9.17) is 10.8 Å². The van der Waals surface area contributed by atoms with Crippen LogP contribution in [0.3, 0.4) is 0 Å². The molecule has 0 heterocycles. The van der Waals surface area contributed by atoms with E-state index in [1.807, 2.05) is 18.7 Å². The second-order valence-electron chi connectivity index (χ2n) is 3.89. The highest BCUT2D eigenvalue weighted by Gasteiger charge is 2.24. The van der Waals surface area contributed by atoms with Crippen molar-refractivity contribution >= 4 is 11.9 Å². The molecule has 0 aliphatic carbocycles. The third-order valence-corrected chi connectivity index (χ3v) is 2.41. The van der Waals surface area contributed by atoms with Gasteiger partial charge in [0.25, 0.3) is 0 Å². The molecule has 5 heteroatoms. The number of amides is 1. The molecule has 0 aromatic rings. The van der Waals surface area contributed by atoms with E-state index in [1.54, 1.807) is 0 Å². The van der Waals surface area contributed by atoms with Gasteiger partial charge in [0.15, 0.2) is 0 Å². The molecule has 0 saturated carbocycles.